The number of carbonyl (C=O) groups excluding carboxylic acids is 2. The zero-order chi connectivity index (χ0) is 24.2. The van der Waals surface area contributed by atoms with Crippen LogP contribution in [-0.2, 0) is 9.53 Å². The van der Waals surface area contributed by atoms with Gasteiger partial charge >= 0.3 is 11.9 Å². The van der Waals surface area contributed by atoms with Crippen molar-refractivity contribution in [3.63, 3.8) is 0 Å². The normalized spacial score (nSPS) is 13.9. The van der Waals surface area contributed by atoms with Gasteiger partial charge in [-0.1, -0.05) is 28.1 Å². The van der Waals surface area contributed by atoms with Gasteiger partial charge in [0.25, 0.3) is 5.69 Å². The predicted octanol–water partition coefficient (Wildman–Crippen LogP) is 4.93. The van der Waals surface area contributed by atoms with Gasteiger partial charge in [0.1, 0.15) is 0 Å². The van der Waals surface area contributed by atoms with Gasteiger partial charge in [-0.3, -0.25) is 10.1 Å². The van der Waals surface area contributed by atoms with Crippen LogP contribution in [0.5, 0.6) is 11.5 Å². The highest BCUT2D eigenvalue weighted by molar-refractivity contribution is 9.10. The number of hydrogen-bond donors (Lipinski definition) is 0. The van der Waals surface area contributed by atoms with E-state index in [4.69, 9.17) is 14.2 Å². The molecule has 0 N–H and O–H groups in total. The van der Waals surface area contributed by atoms with E-state index in [1.165, 1.54) is 37.5 Å². The Morgan fingerprint density at radius 1 is 1.09 bits per heavy atom. The van der Waals surface area contributed by atoms with E-state index in [1.807, 2.05) is 12.1 Å². The highest BCUT2D eigenvalue weighted by atomic mass is 79.9. The van der Waals surface area contributed by atoms with Gasteiger partial charge in [-0.05, 0) is 54.1 Å². The monoisotopic (exact) mass is 522 g/mol. The number of non-ortho nitro benzene ring substituents is 1. The summed E-state index contributed by atoms with van der Waals surface area (Å²) in [5.74, 6) is -0.863. The summed E-state index contributed by atoms with van der Waals surface area (Å²) in [4.78, 5) is 39.3. The molecular formula is C24H15BrN2O7. The number of nitro benzene ring substituents is 1. The molecule has 3 aromatic carbocycles. The molecule has 0 spiro atoms. The SMILES string of the molecule is COc1cc(C=C2N=C(c3ccc(Br)cc3)OC2=O)ccc1OC(=O)c1cccc([N+](=O)[O-])c1. The Bertz CT molecular complexity index is 1360. The first kappa shape index (κ1) is 22.9. The Kier molecular flexibility index (Phi) is 6.51. The van der Waals surface area contributed by atoms with Gasteiger partial charge in [0.15, 0.2) is 17.2 Å². The lowest BCUT2D eigenvalue weighted by Gasteiger charge is -2.10. The highest BCUT2D eigenvalue weighted by Crippen LogP contribution is 2.31. The van der Waals surface area contributed by atoms with Crippen molar-refractivity contribution in [1.29, 1.82) is 0 Å². The summed E-state index contributed by atoms with van der Waals surface area (Å²) < 4.78 is 16.8. The van der Waals surface area contributed by atoms with E-state index in [1.54, 1.807) is 24.3 Å². The van der Waals surface area contributed by atoms with E-state index in [-0.39, 0.29) is 34.3 Å². The maximum Gasteiger partial charge on any atom is 0.363 e. The number of cyclic esters (lactones) is 1. The quantitative estimate of drug-likeness (QED) is 0.148. The third-order valence-corrected chi connectivity index (χ3v) is 5.23. The van der Waals surface area contributed by atoms with Crippen molar-refractivity contribution in [2.24, 2.45) is 4.99 Å². The van der Waals surface area contributed by atoms with Crippen molar-refractivity contribution in [1.82, 2.24) is 0 Å². The predicted molar refractivity (Wildman–Crippen MR) is 126 cm³/mol. The first-order chi connectivity index (χ1) is 16.3. The number of benzene rings is 3. The zero-order valence-corrected chi connectivity index (χ0v) is 19.1. The second kappa shape index (κ2) is 9.67. The first-order valence-electron chi connectivity index (χ1n) is 9.77. The molecule has 0 atom stereocenters. The Balaban J connectivity index is 1.56. The summed E-state index contributed by atoms with van der Waals surface area (Å²) in [6.07, 6.45) is 1.52. The largest absolute Gasteiger partial charge is 0.493 e. The minimum atomic E-state index is -0.781. The molecule has 1 aliphatic heterocycles. The summed E-state index contributed by atoms with van der Waals surface area (Å²) >= 11 is 3.35. The third kappa shape index (κ3) is 5.02. The van der Waals surface area contributed by atoms with Crippen LogP contribution >= 0.6 is 15.9 Å². The van der Waals surface area contributed by atoms with E-state index in [2.05, 4.69) is 20.9 Å². The fraction of sp³-hybridized carbons (Fsp3) is 0.0417. The van der Waals surface area contributed by atoms with Crippen LogP contribution in [-0.4, -0.2) is 29.9 Å². The minimum Gasteiger partial charge on any atom is -0.493 e. The van der Waals surface area contributed by atoms with Crippen LogP contribution in [0, 0.1) is 10.1 Å². The molecule has 1 heterocycles. The van der Waals surface area contributed by atoms with Crippen LogP contribution < -0.4 is 9.47 Å². The van der Waals surface area contributed by atoms with Crippen LogP contribution in [0.15, 0.2) is 81.9 Å². The van der Waals surface area contributed by atoms with Crippen molar-refractivity contribution in [2.45, 2.75) is 0 Å². The molecule has 0 saturated heterocycles. The average molecular weight is 523 g/mol. The van der Waals surface area contributed by atoms with Crippen molar-refractivity contribution >= 4 is 45.5 Å². The number of halogens is 1. The fourth-order valence-corrected chi connectivity index (χ4v) is 3.31. The van der Waals surface area contributed by atoms with Gasteiger partial charge in [-0.15, -0.1) is 0 Å². The third-order valence-electron chi connectivity index (χ3n) is 4.70. The number of esters is 2. The molecule has 0 fully saturated rings. The van der Waals surface area contributed by atoms with Crippen molar-refractivity contribution < 1.29 is 28.7 Å². The number of ether oxygens (including phenoxy) is 3. The van der Waals surface area contributed by atoms with Crippen molar-refractivity contribution in [2.75, 3.05) is 7.11 Å². The van der Waals surface area contributed by atoms with E-state index in [9.17, 15) is 19.7 Å². The molecular weight excluding hydrogens is 508 g/mol. The Labute approximate surface area is 201 Å². The summed E-state index contributed by atoms with van der Waals surface area (Å²) in [6.45, 7) is 0. The maximum absolute atomic E-state index is 12.5. The summed E-state index contributed by atoms with van der Waals surface area (Å²) in [5, 5.41) is 10.9. The van der Waals surface area contributed by atoms with Gasteiger partial charge in [0, 0.05) is 22.2 Å². The van der Waals surface area contributed by atoms with Crippen LogP contribution in [0.3, 0.4) is 0 Å². The van der Waals surface area contributed by atoms with E-state index in [0.717, 1.165) is 10.5 Å². The molecule has 9 nitrogen and oxygen atoms in total. The molecule has 0 saturated carbocycles. The van der Waals surface area contributed by atoms with E-state index < -0.39 is 16.9 Å². The second-order valence-corrected chi connectivity index (χ2v) is 7.87. The maximum atomic E-state index is 12.5. The topological polar surface area (TPSA) is 117 Å². The molecule has 1 aliphatic rings. The molecule has 3 aromatic rings. The lowest BCUT2D eigenvalue weighted by Crippen LogP contribution is -2.09. The van der Waals surface area contributed by atoms with E-state index >= 15 is 0 Å². The Hall–Kier alpha value is -4.31. The molecule has 0 bridgehead atoms. The average Bonchev–Trinajstić information content (AvgIpc) is 3.20. The molecule has 10 heteroatoms. The van der Waals surface area contributed by atoms with Gasteiger partial charge in [-0.2, -0.15) is 0 Å². The number of nitro groups is 1. The molecule has 170 valence electrons. The number of carbonyl (C=O) groups is 2. The molecule has 0 aromatic heterocycles. The molecule has 0 unspecified atom stereocenters. The minimum absolute atomic E-state index is 0.0194. The first-order valence-corrected chi connectivity index (χ1v) is 10.6. The fourth-order valence-electron chi connectivity index (χ4n) is 3.05. The number of methoxy groups -OCH3 is 1. The smallest absolute Gasteiger partial charge is 0.363 e. The Morgan fingerprint density at radius 2 is 1.85 bits per heavy atom. The lowest BCUT2D eigenvalue weighted by molar-refractivity contribution is -0.384. The molecule has 0 amide bonds. The standard InChI is InChI=1S/C24H15BrN2O7/c1-32-21-12-14(11-19-24(29)34-22(26-19)15-6-8-17(25)9-7-15)5-10-20(21)33-23(28)16-3-2-4-18(13-16)27(30)31/h2-13H,1H3. The molecule has 34 heavy (non-hydrogen) atoms. The van der Waals surface area contributed by atoms with Crippen LogP contribution in [0.1, 0.15) is 21.5 Å². The number of hydrogen-bond acceptors (Lipinski definition) is 8. The van der Waals surface area contributed by atoms with Crippen LogP contribution in [0.25, 0.3) is 6.08 Å². The second-order valence-electron chi connectivity index (χ2n) is 6.95. The molecule has 0 radical (unpaired) electrons. The zero-order valence-electron chi connectivity index (χ0n) is 17.6. The summed E-state index contributed by atoms with van der Waals surface area (Å²) in [7, 11) is 1.39. The summed E-state index contributed by atoms with van der Waals surface area (Å²) in [5.41, 5.74) is 1.10. The molecule has 0 aliphatic carbocycles. The summed E-state index contributed by atoms with van der Waals surface area (Å²) in [6, 6.07) is 17.0. The van der Waals surface area contributed by atoms with Gasteiger partial charge < -0.3 is 14.2 Å². The van der Waals surface area contributed by atoms with Crippen molar-refractivity contribution in [3.8, 4) is 11.5 Å². The van der Waals surface area contributed by atoms with Crippen LogP contribution in [0.2, 0.25) is 0 Å². The highest BCUT2D eigenvalue weighted by Gasteiger charge is 2.24. The van der Waals surface area contributed by atoms with Crippen LogP contribution in [0.4, 0.5) is 5.69 Å². The van der Waals surface area contributed by atoms with E-state index in [0.29, 0.717) is 11.1 Å². The van der Waals surface area contributed by atoms with Gasteiger partial charge in [-0.25, -0.2) is 14.6 Å². The molecule has 4 rings (SSSR count). The lowest BCUT2D eigenvalue weighted by atomic mass is 10.1. The van der Waals surface area contributed by atoms with Gasteiger partial charge in [0.05, 0.1) is 17.6 Å². The number of aliphatic imine (C=N–C) groups is 1. The van der Waals surface area contributed by atoms with Gasteiger partial charge in [0.2, 0.25) is 5.90 Å². The van der Waals surface area contributed by atoms with Crippen molar-refractivity contribution in [3.05, 3.63) is 104 Å². The number of nitrogens with zero attached hydrogens (tertiary/aromatic N) is 2. The Morgan fingerprint density at radius 3 is 2.56 bits per heavy atom. The number of rotatable bonds is 6.